The van der Waals surface area contributed by atoms with Crippen LogP contribution in [0.1, 0.15) is 11.1 Å². The number of benzene rings is 2. The molecule has 2 aromatic carbocycles. The molecule has 3 rings (SSSR count). The molecule has 0 amide bonds. The lowest BCUT2D eigenvalue weighted by molar-refractivity contribution is -0.384. The van der Waals surface area contributed by atoms with E-state index in [0.717, 1.165) is 17.8 Å². The molecule has 0 spiro atoms. The minimum atomic E-state index is -0.409. The van der Waals surface area contributed by atoms with E-state index in [1.165, 1.54) is 17.7 Å². The molecule has 7 heteroatoms. The average molecular weight is 387 g/mol. The third-order valence-corrected chi connectivity index (χ3v) is 4.22. The van der Waals surface area contributed by atoms with Crippen LogP contribution in [0.3, 0.4) is 0 Å². The van der Waals surface area contributed by atoms with Gasteiger partial charge in [0.1, 0.15) is 0 Å². The van der Waals surface area contributed by atoms with Gasteiger partial charge in [-0.15, -0.1) is 0 Å². The fourth-order valence-corrected chi connectivity index (χ4v) is 2.89. The van der Waals surface area contributed by atoms with Gasteiger partial charge in [-0.25, -0.2) is 4.98 Å². The number of aromatic nitrogens is 2. The standard InChI is InChI=1S/C17H15BrN4O2/c18-16-9-15(22(23)24)4-5-17(16)20-10-13-2-1-3-14(8-13)11-21-7-6-19-12-21/h1-9,12,20H,10-11H2. The highest BCUT2D eigenvalue weighted by molar-refractivity contribution is 9.10. The fraction of sp³-hybridized carbons (Fsp3) is 0.118. The molecule has 0 aliphatic carbocycles. The molecule has 1 heterocycles. The van der Waals surface area contributed by atoms with Crippen molar-refractivity contribution in [2.75, 3.05) is 5.32 Å². The molecule has 1 N–H and O–H groups in total. The number of nitrogens with one attached hydrogen (secondary N) is 1. The third kappa shape index (κ3) is 3.99. The molecule has 0 saturated carbocycles. The van der Waals surface area contributed by atoms with E-state index in [4.69, 9.17) is 0 Å². The molecular weight excluding hydrogens is 372 g/mol. The van der Waals surface area contributed by atoms with Gasteiger partial charge in [0.2, 0.25) is 0 Å². The molecule has 0 aliphatic heterocycles. The predicted molar refractivity (Wildman–Crippen MR) is 95.9 cm³/mol. The van der Waals surface area contributed by atoms with Crippen molar-refractivity contribution in [1.82, 2.24) is 9.55 Å². The first-order valence-corrected chi connectivity index (χ1v) is 8.12. The van der Waals surface area contributed by atoms with Crippen LogP contribution in [-0.4, -0.2) is 14.5 Å². The summed E-state index contributed by atoms with van der Waals surface area (Å²) in [6.07, 6.45) is 5.48. The van der Waals surface area contributed by atoms with Gasteiger partial charge in [0, 0.05) is 47.8 Å². The molecule has 24 heavy (non-hydrogen) atoms. The fourth-order valence-electron chi connectivity index (χ4n) is 2.39. The van der Waals surface area contributed by atoms with Gasteiger partial charge >= 0.3 is 0 Å². The van der Waals surface area contributed by atoms with Gasteiger partial charge in [0.15, 0.2) is 0 Å². The van der Waals surface area contributed by atoms with E-state index in [1.54, 1.807) is 18.6 Å². The van der Waals surface area contributed by atoms with Gasteiger partial charge in [-0.2, -0.15) is 0 Å². The highest BCUT2D eigenvalue weighted by Crippen LogP contribution is 2.27. The molecule has 122 valence electrons. The summed E-state index contributed by atoms with van der Waals surface area (Å²) < 4.78 is 2.69. The first-order chi connectivity index (χ1) is 11.6. The number of nitrogens with zero attached hydrogens (tertiary/aromatic N) is 3. The molecule has 0 atom stereocenters. The van der Waals surface area contributed by atoms with Gasteiger partial charge in [-0.05, 0) is 33.1 Å². The quantitative estimate of drug-likeness (QED) is 0.508. The molecule has 6 nitrogen and oxygen atoms in total. The Morgan fingerprint density at radius 2 is 2.04 bits per heavy atom. The van der Waals surface area contributed by atoms with Crippen LogP contribution in [0.5, 0.6) is 0 Å². The Labute approximate surface area is 147 Å². The first-order valence-electron chi connectivity index (χ1n) is 7.33. The number of anilines is 1. The van der Waals surface area contributed by atoms with Crippen LogP contribution in [0.4, 0.5) is 11.4 Å². The minimum Gasteiger partial charge on any atom is -0.380 e. The molecule has 3 aromatic rings. The minimum absolute atomic E-state index is 0.0646. The van der Waals surface area contributed by atoms with Crippen molar-refractivity contribution in [3.8, 4) is 0 Å². The second-order valence-electron chi connectivity index (χ2n) is 5.33. The Bertz CT molecular complexity index is 850. The van der Waals surface area contributed by atoms with Crippen molar-refractivity contribution in [1.29, 1.82) is 0 Å². The van der Waals surface area contributed by atoms with E-state index in [1.807, 2.05) is 22.9 Å². The molecule has 0 aliphatic rings. The van der Waals surface area contributed by atoms with E-state index in [0.29, 0.717) is 11.0 Å². The number of hydrogen-bond donors (Lipinski definition) is 1. The van der Waals surface area contributed by atoms with Crippen molar-refractivity contribution in [3.63, 3.8) is 0 Å². The summed E-state index contributed by atoms with van der Waals surface area (Å²) in [7, 11) is 0. The zero-order valence-corrected chi connectivity index (χ0v) is 14.3. The summed E-state index contributed by atoms with van der Waals surface area (Å²) in [5.74, 6) is 0. The number of nitro groups is 1. The van der Waals surface area contributed by atoms with E-state index in [2.05, 4.69) is 38.4 Å². The highest BCUT2D eigenvalue weighted by Gasteiger charge is 2.08. The summed E-state index contributed by atoms with van der Waals surface area (Å²) in [5.41, 5.74) is 3.21. The molecule has 0 radical (unpaired) electrons. The summed E-state index contributed by atoms with van der Waals surface area (Å²) in [6, 6.07) is 13.0. The number of hydrogen-bond acceptors (Lipinski definition) is 4. The van der Waals surface area contributed by atoms with Crippen LogP contribution < -0.4 is 5.32 Å². The second-order valence-corrected chi connectivity index (χ2v) is 6.18. The number of rotatable bonds is 6. The van der Waals surface area contributed by atoms with Crippen LogP contribution in [-0.2, 0) is 13.1 Å². The second kappa shape index (κ2) is 7.27. The molecule has 0 bridgehead atoms. The molecular formula is C17H15BrN4O2. The van der Waals surface area contributed by atoms with Crippen LogP contribution in [0.25, 0.3) is 0 Å². The zero-order valence-electron chi connectivity index (χ0n) is 12.7. The maximum atomic E-state index is 10.8. The van der Waals surface area contributed by atoms with Crippen LogP contribution in [0.15, 0.2) is 65.7 Å². The van der Waals surface area contributed by atoms with Gasteiger partial charge in [0.25, 0.3) is 5.69 Å². The Morgan fingerprint density at radius 1 is 1.21 bits per heavy atom. The number of halogens is 1. The maximum absolute atomic E-state index is 10.8. The Kier molecular flexibility index (Phi) is 4.90. The number of nitro benzene ring substituents is 1. The first kappa shape index (κ1) is 16.2. The smallest absolute Gasteiger partial charge is 0.270 e. The lowest BCUT2D eigenvalue weighted by atomic mass is 10.1. The number of imidazole rings is 1. The Hall–Kier alpha value is -2.67. The predicted octanol–water partition coefficient (Wildman–Crippen LogP) is 4.21. The third-order valence-electron chi connectivity index (χ3n) is 3.56. The molecule has 0 fully saturated rings. The summed E-state index contributed by atoms with van der Waals surface area (Å²) >= 11 is 3.37. The lowest BCUT2D eigenvalue weighted by Crippen LogP contribution is -2.02. The van der Waals surface area contributed by atoms with Crippen LogP contribution >= 0.6 is 15.9 Å². The molecule has 0 unspecified atom stereocenters. The highest BCUT2D eigenvalue weighted by atomic mass is 79.9. The normalized spacial score (nSPS) is 10.5. The van der Waals surface area contributed by atoms with Crippen molar-refractivity contribution >= 4 is 27.3 Å². The van der Waals surface area contributed by atoms with Crippen LogP contribution in [0, 0.1) is 10.1 Å². The number of non-ortho nitro benzene ring substituents is 1. The topological polar surface area (TPSA) is 73.0 Å². The van der Waals surface area contributed by atoms with Crippen molar-refractivity contribution < 1.29 is 4.92 Å². The van der Waals surface area contributed by atoms with Gasteiger partial charge < -0.3 is 9.88 Å². The monoisotopic (exact) mass is 386 g/mol. The molecule has 1 aromatic heterocycles. The van der Waals surface area contributed by atoms with Gasteiger partial charge in [0.05, 0.1) is 11.3 Å². The lowest BCUT2D eigenvalue weighted by Gasteiger charge is -2.10. The van der Waals surface area contributed by atoms with Gasteiger partial charge in [-0.3, -0.25) is 10.1 Å². The van der Waals surface area contributed by atoms with E-state index in [9.17, 15) is 10.1 Å². The average Bonchev–Trinajstić information content (AvgIpc) is 3.07. The summed E-state index contributed by atoms with van der Waals surface area (Å²) in [5, 5.41) is 14.1. The largest absolute Gasteiger partial charge is 0.380 e. The van der Waals surface area contributed by atoms with Crippen molar-refractivity contribution in [3.05, 3.63) is 86.9 Å². The zero-order chi connectivity index (χ0) is 16.9. The summed E-state index contributed by atoms with van der Waals surface area (Å²) in [4.78, 5) is 14.4. The van der Waals surface area contributed by atoms with Gasteiger partial charge in [-0.1, -0.05) is 24.3 Å². The SMILES string of the molecule is O=[N+]([O-])c1ccc(NCc2cccc(Cn3ccnc3)c2)c(Br)c1. The van der Waals surface area contributed by atoms with E-state index in [-0.39, 0.29) is 5.69 Å². The summed E-state index contributed by atoms with van der Waals surface area (Å²) in [6.45, 7) is 1.41. The Balaban J connectivity index is 1.67. The van der Waals surface area contributed by atoms with Crippen molar-refractivity contribution in [2.24, 2.45) is 0 Å². The van der Waals surface area contributed by atoms with E-state index >= 15 is 0 Å². The maximum Gasteiger partial charge on any atom is 0.270 e. The molecule has 0 saturated heterocycles. The van der Waals surface area contributed by atoms with Crippen LogP contribution in [0.2, 0.25) is 0 Å². The van der Waals surface area contributed by atoms with Crippen molar-refractivity contribution in [2.45, 2.75) is 13.1 Å². The Morgan fingerprint density at radius 3 is 2.75 bits per heavy atom. The van der Waals surface area contributed by atoms with E-state index < -0.39 is 4.92 Å².